The molecule has 10 aromatic rings. The second kappa shape index (κ2) is 33.0. The maximum atomic E-state index is 13.3. The Hall–Kier alpha value is -8.88. The molecule has 95 heavy (non-hydrogen) atoms. The molecule has 14 nitrogen and oxygen atoms in total. The molecular weight excluding hydrogens is 1320 g/mol. The Bertz CT molecular complexity index is 4500. The van der Waals surface area contributed by atoms with E-state index in [4.69, 9.17) is 40.3 Å². The van der Waals surface area contributed by atoms with E-state index in [1.807, 2.05) is 131 Å². The standard InChI is InChI=1S/C38H36O7S2.C13H18O.C12H8Cl2O5S2.C12H10O/c1-5-38(4,28(3)39)26-29-8-18-34(19-9-29)46(40,41)35-20-14-32(15-21-35)45-33-16-24-37(25-17-33)47(42,43)36-22-12-31(13-23-36)44-30-10-6-27(2)7-11-30;1-4-13(3,11(2)14)10-12-8-6-5-7-9-12;13-20(15,16)11-5-1-9(2-6-11)19-10-3-7-12(8-4-10)21(14,17)18;1-3-7-11(8-4-1)13-12-9-5-2-6-10-12/h6-25H,5,26H2,1-4H3;5-9H,4,10H2,1-3H3;1-8H;1-10H. The van der Waals surface area contributed by atoms with Gasteiger partial charge in [-0.05, 0) is 227 Å². The number of halogens is 2. The van der Waals surface area contributed by atoms with Gasteiger partial charge in [0.05, 0.1) is 29.4 Å². The number of benzene rings is 10. The molecule has 0 bridgehead atoms. The van der Waals surface area contributed by atoms with Crippen LogP contribution in [0, 0.1) is 17.8 Å². The highest BCUT2D eigenvalue weighted by Gasteiger charge is 2.29. The minimum atomic E-state index is -3.78. The zero-order valence-corrected chi connectivity index (χ0v) is 58.0. The molecule has 0 aliphatic rings. The van der Waals surface area contributed by atoms with Crippen molar-refractivity contribution in [1.82, 2.24) is 0 Å². The summed E-state index contributed by atoms with van der Waals surface area (Å²) >= 11 is 0. The molecule has 0 saturated heterocycles. The van der Waals surface area contributed by atoms with Gasteiger partial charge in [-0.1, -0.05) is 124 Å². The molecule has 0 amide bonds. The highest BCUT2D eigenvalue weighted by Crippen LogP contribution is 2.34. The van der Waals surface area contributed by atoms with E-state index in [9.17, 15) is 43.3 Å². The SMILES string of the molecule is CCC(C)(Cc1ccc(S(=O)(=O)c2ccc(Oc3ccc(S(=O)(=O)c4ccc(Oc5ccc(C)cc5)cc4)cc3)cc2)cc1)C(C)=O.CCC(C)(Cc1ccccc1)C(C)=O.O=S(=O)(Cl)c1ccc(Oc2ccc(S(=O)(=O)Cl)cc2)cc1.c1ccc(Oc2ccccc2)cc1. The molecule has 2 atom stereocenters. The molecule has 10 aromatic carbocycles. The number of carbonyl (C=O) groups excluding carboxylic acids is 2. The summed E-state index contributed by atoms with van der Waals surface area (Å²) in [4.78, 5) is 24.0. The minimum absolute atomic E-state index is 0.0416. The fourth-order valence-corrected chi connectivity index (χ4v) is 13.1. The molecule has 10 rings (SSSR count). The van der Waals surface area contributed by atoms with Crippen LogP contribution in [0.15, 0.2) is 290 Å². The maximum Gasteiger partial charge on any atom is 0.261 e. The Morgan fingerprint density at radius 3 is 0.768 bits per heavy atom. The maximum absolute atomic E-state index is 13.3. The van der Waals surface area contributed by atoms with E-state index in [1.165, 1.54) is 90.5 Å². The predicted molar refractivity (Wildman–Crippen MR) is 372 cm³/mol. The highest BCUT2D eigenvalue weighted by atomic mass is 35.7. The van der Waals surface area contributed by atoms with Crippen LogP contribution in [-0.4, -0.2) is 45.2 Å². The predicted octanol–water partition coefficient (Wildman–Crippen LogP) is 18.8. The lowest BCUT2D eigenvalue weighted by molar-refractivity contribution is -0.126. The lowest BCUT2D eigenvalue weighted by Gasteiger charge is -2.25. The largest absolute Gasteiger partial charge is 0.457 e. The van der Waals surface area contributed by atoms with Crippen LogP contribution < -0.4 is 18.9 Å². The number of sulfone groups is 2. The van der Waals surface area contributed by atoms with Crippen LogP contribution in [0.3, 0.4) is 0 Å². The summed E-state index contributed by atoms with van der Waals surface area (Å²) in [5.74, 6) is 4.84. The van der Waals surface area contributed by atoms with Crippen molar-refractivity contribution >= 4 is 70.7 Å². The van der Waals surface area contributed by atoms with Crippen LogP contribution >= 0.6 is 21.4 Å². The molecule has 0 heterocycles. The average Bonchev–Trinajstić information content (AvgIpc) is 0.813. The molecule has 0 aliphatic carbocycles. The van der Waals surface area contributed by atoms with E-state index in [0.29, 0.717) is 47.3 Å². The number of ether oxygens (including phenoxy) is 4. The summed E-state index contributed by atoms with van der Waals surface area (Å²) in [7, 11) is -4.73. The highest BCUT2D eigenvalue weighted by molar-refractivity contribution is 8.14. The monoisotopic (exact) mass is 1390 g/mol. The number of ketones is 2. The van der Waals surface area contributed by atoms with Gasteiger partial charge in [-0.3, -0.25) is 9.59 Å². The summed E-state index contributed by atoms with van der Waals surface area (Å²) in [6.07, 6.45) is 2.98. The second-order valence-corrected chi connectivity index (χ2v) is 31.5. The Kier molecular flexibility index (Phi) is 25.5. The average molecular weight is 1400 g/mol. The summed E-state index contributed by atoms with van der Waals surface area (Å²) < 4.78 is 120. The molecule has 0 aliphatic heterocycles. The fourth-order valence-electron chi connectivity index (χ4n) is 9.08. The smallest absolute Gasteiger partial charge is 0.261 e. The third-order valence-electron chi connectivity index (χ3n) is 15.6. The molecule has 0 N–H and O–H groups in total. The minimum Gasteiger partial charge on any atom is -0.457 e. The van der Waals surface area contributed by atoms with Gasteiger partial charge in [-0.25, -0.2) is 33.7 Å². The van der Waals surface area contributed by atoms with Crippen LogP contribution in [0.5, 0.6) is 46.0 Å². The third-order valence-corrected chi connectivity index (χ3v) is 21.9. The molecule has 0 saturated carbocycles. The van der Waals surface area contributed by atoms with Crippen LogP contribution in [0.4, 0.5) is 0 Å². The number of carbonyl (C=O) groups is 2. The van der Waals surface area contributed by atoms with Crippen molar-refractivity contribution in [2.24, 2.45) is 10.8 Å². The number of Topliss-reactive ketones (excluding diaryl/α,β-unsaturated/α-hetero) is 2. The van der Waals surface area contributed by atoms with Crippen LogP contribution in [-0.2, 0) is 60.2 Å². The lowest BCUT2D eigenvalue weighted by Crippen LogP contribution is -2.27. The number of rotatable bonds is 22. The van der Waals surface area contributed by atoms with Gasteiger partial charge in [0.25, 0.3) is 18.1 Å². The molecule has 0 spiro atoms. The van der Waals surface area contributed by atoms with E-state index in [2.05, 4.69) is 19.1 Å². The normalized spacial score (nSPS) is 12.6. The van der Waals surface area contributed by atoms with E-state index < -0.39 is 43.2 Å². The Morgan fingerprint density at radius 1 is 0.316 bits per heavy atom. The van der Waals surface area contributed by atoms with Gasteiger partial charge >= 0.3 is 0 Å². The van der Waals surface area contributed by atoms with Gasteiger partial charge in [0.1, 0.15) is 57.6 Å². The molecular formula is C75H72Cl2O14S4. The number of aryl methyl sites for hydroxylation is 1. The third kappa shape index (κ3) is 21.6. The molecule has 2 unspecified atom stereocenters. The molecule has 0 radical (unpaired) electrons. The fraction of sp³-hybridized carbons (Fsp3) is 0.173. The van der Waals surface area contributed by atoms with E-state index in [1.54, 1.807) is 74.5 Å². The van der Waals surface area contributed by atoms with Crippen LogP contribution in [0.1, 0.15) is 71.1 Å². The topological polar surface area (TPSA) is 208 Å². The zero-order valence-electron chi connectivity index (χ0n) is 53.3. The van der Waals surface area contributed by atoms with E-state index in [-0.39, 0.29) is 46.4 Å². The van der Waals surface area contributed by atoms with Gasteiger partial charge in [0, 0.05) is 32.2 Å². The van der Waals surface area contributed by atoms with Gasteiger partial charge in [-0.2, -0.15) is 0 Å². The first-order chi connectivity index (χ1) is 45.0. The van der Waals surface area contributed by atoms with Crippen LogP contribution in [0.2, 0.25) is 0 Å². The molecule has 494 valence electrons. The summed E-state index contributed by atoms with van der Waals surface area (Å²) in [6, 6.07) is 73.1. The second-order valence-electron chi connectivity index (χ2n) is 22.5. The van der Waals surface area contributed by atoms with E-state index in [0.717, 1.165) is 35.5 Å². The van der Waals surface area contributed by atoms with Crippen molar-refractivity contribution in [1.29, 1.82) is 0 Å². The van der Waals surface area contributed by atoms with Crippen molar-refractivity contribution in [3.63, 3.8) is 0 Å². The lowest BCUT2D eigenvalue weighted by atomic mass is 9.78. The Morgan fingerprint density at radius 2 is 0.526 bits per heavy atom. The van der Waals surface area contributed by atoms with Gasteiger partial charge in [0.15, 0.2) is 0 Å². The quantitative estimate of drug-likeness (QED) is 0.0579. The van der Waals surface area contributed by atoms with Crippen LogP contribution in [0.25, 0.3) is 0 Å². The Labute approximate surface area is 566 Å². The number of hydrogen-bond donors (Lipinski definition) is 0. The summed E-state index contributed by atoms with van der Waals surface area (Å²) in [6.45, 7) is 13.3. The van der Waals surface area contributed by atoms with E-state index >= 15 is 0 Å². The zero-order chi connectivity index (χ0) is 69.0. The first kappa shape index (κ1) is 73.5. The van der Waals surface area contributed by atoms with Crippen molar-refractivity contribution in [3.05, 3.63) is 278 Å². The van der Waals surface area contributed by atoms with Gasteiger partial charge in [0.2, 0.25) is 19.7 Å². The van der Waals surface area contributed by atoms with Crippen molar-refractivity contribution in [2.75, 3.05) is 0 Å². The van der Waals surface area contributed by atoms with Crippen molar-refractivity contribution < 1.29 is 62.2 Å². The van der Waals surface area contributed by atoms with Gasteiger partial charge < -0.3 is 18.9 Å². The molecule has 20 heteroatoms. The summed E-state index contributed by atoms with van der Waals surface area (Å²) in [5.41, 5.74) is 2.57. The first-order valence-electron chi connectivity index (χ1n) is 29.9. The van der Waals surface area contributed by atoms with Crippen molar-refractivity contribution in [2.45, 2.75) is 104 Å². The number of para-hydroxylation sites is 2. The first-order valence-corrected chi connectivity index (χ1v) is 37.5. The molecule has 0 fully saturated rings. The number of hydrogen-bond acceptors (Lipinski definition) is 14. The summed E-state index contributed by atoms with van der Waals surface area (Å²) in [5, 5.41) is 0. The molecule has 0 aromatic heterocycles. The Balaban J connectivity index is 0.000000215. The van der Waals surface area contributed by atoms with Gasteiger partial charge in [-0.15, -0.1) is 0 Å². The van der Waals surface area contributed by atoms with Crippen molar-refractivity contribution in [3.8, 4) is 46.0 Å².